The lowest BCUT2D eigenvalue weighted by molar-refractivity contribution is -0.178. The van der Waals surface area contributed by atoms with Crippen molar-refractivity contribution >= 4 is 11.6 Å². The van der Waals surface area contributed by atoms with Gasteiger partial charge in [0.05, 0.1) is 0 Å². The molecule has 0 fully saturated rings. The molecule has 0 spiro atoms. The molecule has 0 heterocycles. The van der Waals surface area contributed by atoms with E-state index in [9.17, 15) is 13.2 Å². The molecule has 13 heavy (non-hydrogen) atoms. The fourth-order valence-corrected chi connectivity index (χ4v) is 1.45. The van der Waals surface area contributed by atoms with E-state index in [4.69, 9.17) is 11.6 Å². The molecule has 1 atom stereocenters. The maximum Gasteiger partial charge on any atom is 0.300 e. The van der Waals surface area contributed by atoms with Crippen LogP contribution in [0.2, 0.25) is 0 Å². The molecule has 1 unspecified atom stereocenters. The summed E-state index contributed by atoms with van der Waals surface area (Å²) >= 11 is 5.05. The Morgan fingerprint density at radius 1 is 1.00 bits per heavy atom. The lowest BCUT2D eigenvalue weighted by atomic mass is 9.76. The van der Waals surface area contributed by atoms with E-state index in [0.29, 0.717) is 6.92 Å². The number of rotatable bonds is 4. The molecule has 0 aromatic carbocycles. The van der Waals surface area contributed by atoms with Crippen LogP contribution in [0.15, 0.2) is 0 Å². The van der Waals surface area contributed by atoms with E-state index in [2.05, 4.69) is 0 Å². The predicted molar refractivity (Wildman–Crippen MR) is 49.0 cm³/mol. The second-order valence-electron chi connectivity index (χ2n) is 3.73. The normalized spacial score (nSPS) is 18.5. The number of hydrogen-bond donors (Lipinski definition) is 0. The van der Waals surface area contributed by atoms with Crippen LogP contribution in [0.5, 0.6) is 0 Å². The fraction of sp³-hybridized carbons (Fsp3) is 1.00. The van der Waals surface area contributed by atoms with Crippen molar-refractivity contribution in [2.75, 3.05) is 0 Å². The summed E-state index contributed by atoms with van der Waals surface area (Å²) < 4.78 is 40.0. The van der Waals surface area contributed by atoms with Crippen LogP contribution in [0.1, 0.15) is 40.5 Å². The molecule has 0 aromatic heterocycles. The van der Waals surface area contributed by atoms with E-state index in [0.717, 1.165) is 0 Å². The van der Waals surface area contributed by atoms with Crippen LogP contribution in [-0.4, -0.2) is 11.1 Å². The third-order valence-corrected chi connectivity index (χ3v) is 3.11. The molecule has 0 aliphatic rings. The van der Waals surface area contributed by atoms with Gasteiger partial charge in [0.2, 0.25) is 5.13 Å². The summed E-state index contributed by atoms with van der Waals surface area (Å²) in [5.41, 5.74) is -1.38. The Hall–Kier alpha value is 0.0800. The summed E-state index contributed by atoms with van der Waals surface area (Å²) in [4.78, 5) is 0. The SMILES string of the molecule is CCC(C)(CC)C(F)(F)C(C)(F)Cl. The molecule has 0 N–H and O–H groups in total. The Morgan fingerprint density at radius 2 is 1.31 bits per heavy atom. The first-order chi connectivity index (χ1) is 5.62. The minimum atomic E-state index is -3.51. The Kier molecular flexibility index (Phi) is 3.70. The second-order valence-corrected chi connectivity index (χ2v) is 4.44. The van der Waals surface area contributed by atoms with E-state index >= 15 is 0 Å². The van der Waals surface area contributed by atoms with Gasteiger partial charge in [0, 0.05) is 5.41 Å². The van der Waals surface area contributed by atoms with E-state index < -0.39 is 16.5 Å². The summed E-state index contributed by atoms with van der Waals surface area (Å²) in [6.07, 6.45) is 0.394. The molecule has 4 heteroatoms. The lowest BCUT2D eigenvalue weighted by Crippen LogP contribution is -2.50. The zero-order valence-corrected chi connectivity index (χ0v) is 9.18. The first kappa shape index (κ1) is 13.1. The van der Waals surface area contributed by atoms with Crippen LogP contribution < -0.4 is 0 Å². The highest BCUT2D eigenvalue weighted by Crippen LogP contribution is 2.51. The quantitative estimate of drug-likeness (QED) is 0.612. The third kappa shape index (κ3) is 2.12. The zero-order valence-electron chi connectivity index (χ0n) is 8.43. The largest absolute Gasteiger partial charge is 0.300 e. The van der Waals surface area contributed by atoms with Gasteiger partial charge in [-0.15, -0.1) is 0 Å². The molecular weight excluding hydrogens is 201 g/mol. The monoisotopic (exact) mass is 216 g/mol. The third-order valence-electron chi connectivity index (χ3n) is 2.87. The predicted octanol–water partition coefficient (Wildman–Crippen LogP) is 4.37. The minimum absolute atomic E-state index is 0.197. The minimum Gasteiger partial charge on any atom is -0.220 e. The van der Waals surface area contributed by atoms with Gasteiger partial charge in [-0.25, -0.2) is 13.2 Å². The lowest BCUT2D eigenvalue weighted by Gasteiger charge is -2.40. The van der Waals surface area contributed by atoms with Crippen LogP contribution in [0.3, 0.4) is 0 Å². The Morgan fingerprint density at radius 3 is 1.38 bits per heavy atom. The summed E-state index contributed by atoms with van der Waals surface area (Å²) in [5, 5.41) is -2.98. The van der Waals surface area contributed by atoms with E-state index in [1.165, 1.54) is 6.92 Å². The van der Waals surface area contributed by atoms with Crippen molar-refractivity contribution in [3.05, 3.63) is 0 Å². The number of hydrogen-bond acceptors (Lipinski definition) is 0. The maximum atomic E-state index is 13.5. The molecule has 0 aliphatic heterocycles. The van der Waals surface area contributed by atoms with E-state index in [1.807, 2.05) is 0 Å². The average molecular weight is 217 g/mol. The fourth-order valence-electron chi connectivity index (χ4n) is 1.22. The topological polar surface area (TPSA) is 0 Å². The van der Waals surface area contributed by atoms with Crippen molar-refractivity contribution in [1.29, 1.82) is 0 Å². The van der Waals surface area contributed by atoms with Crippen LogP contribution in [0.4, 0.5) is 13.2 Å². The molecule has 0 bridgehead atoms. The molecule has 80 valence electrons. The first-order valence-electron chi connectivity index (χ1n) is 4.38. The van der Waals surface area contributed by atoms with Gasteiger partial charge >= 0.3 is 0 Å². The van der Waals surface area contributed by atoms with Gasteiger partial charge in [-0.05, 0) is 19.8 Å². The van der Waals surface area contributed by atoms with Crippen molar-refractivity contribution in [3.8, 4) is 0 Å². The van der Waals surface area contributed by atoms with Gasteiger partial charge in [0.25, 0.3) is 5.92 Å². The number of alkyl halides is 4. The van der Waals surface area contributed by atoms with Crippen molar-refractivity contribution < 1.29 is 13.2 Å². The van der Waals surface area contributed by atoms with Crippen LogP contribution in [-0.2, 0) is 0 Å². The van der Waals surface area contributed by atoms with E-state index in [-0.39, 0.29) is 12.8 Å². The highest BCUT2D eigenvalue weighted by atomic mass is 35.5. The Bertz CT molecular complexity index is 168. The molecule has 0 aliphatic carbocycles. The van der Waals surface area contributed by atoms with Crippen molar-refractivity contribution in [3.63, 3.8) is 0 Å². The molecule has 0 radical (unpaired) electrons. The second kappa shape index (κ2) is 3.68. The van der Waals surface area contributed by atoms with Crippen LogP contribution in [0.25, 0.3) is 0 Å². The molecular formula is C9H16ClF3. The molecule has 0 saturated heterocycles. The van der Waals surface area contributed by atoms with Crippen molar-refractivity contribution in [2.24, 2.45) is 5.41 Å². The van der Waals surface area contributed by atoms with Crippen LogP contribution >= 0.6 is 11.6 Å². The highest BCUT2D eigenvalue weighted by Gasteiger charge is 2.60. The van der Waals surface area contributed by atoms with Crippen molar-refractivity contribution in [2.45, 2.75) is 51.6 Å². The first-order valence-corrected chi connectivity index (χ1v) is 4.76. The van der Waals surface area contributed by atoms with Crippen molar-refractivity contribution in [1.82, 2.24) is 0 Å². The van der Waals surface area contributed by atoms with Gasteiger partial charge in [0.15, 0.2) is 0 Å². The van der Waals surface area contributed by atoms with Gasteiger partial charge in [-0.2, -0.15) is 0 Å². The summed E-state index contributed by atoms with van der Waals surface area (Å²) in [6.45, 7) is 5.28. The van der Waals surface area contributed by atoms with E-state index in [1.54, 1.807) is 13.8 Å². The van der Waals surface area contributed by atoms with Crippen LogP contribution in [0, 0.1) is 5.41 Å². The molecule has 0 nitrogen and oxygen atoms in total. The Balaban J connectivity index is 5.00. The molecule has 0 aromatic rings. The van der Waals surface area contributed by atoms with Gasteiger partial charge < -0.3 is 0 Å². The maximum absolute atomic E-state index is 13.5. The average Bonchev–Trinajstić information content (AvgIpc) is 2.00. The standard InChI is InChI=1S/C9H16ClF3/c1-5-7(3,6-2)9(12,13)8(4,10)11/h5-6H2,1-4H3. The Labute approximate surface area is 82.5 Å². The number of halogens is 4. The van der Waals surface area contributed by atoms with Gasteiger partial charge in [0.1, 0.15) is 0 Å². The summed E-state index contributed by atoms with van der Waals surface area (Å²) in [6, 6.07) is 0. The molecule has 0 amide bonds. The zero-order chi connectivity index (χ0) is 10.9. The molecule has 0 rings (SSSR count). The smallest absolute Gasteiger partial charge is 0.220 e. The summed E-state index contributed by atoms with van der Waals surface area (Å²) in [5.74, 6) is -3.51. The highest BCUT2D eigenvalue weighted by molar-refractivity contribution is 6.23. The van der Waals surface area contributed by atoms with Gasteiger partial charge in [-0.1, -0.05) is 32.4 Å². The summed E-state index contributed by atoms with van der Waals surface area (Å²) in [7, 11) is 0. The molecule has 0 saturated carbocycles. The van der Waals surface area contributed by atoms with Gasteiger partial charge in [-0.3, -0.25) is 0 Å².